The Labute approximate surface area is 128 Å². The summed E-state index contributed by atoms with van der Waals surface area (Å²) in [7, 11) is 0. The van der Waals surface area contributed by atoms with Crippen molar-refractivity contribution >= 4 is 0 Å². The number of hydrogen-bond acceptors (Lipinski definition) is 4. The lowest BCUT2D eigenvalue weighted by Crippen LogP contribution is -2.38. The summed E-state index contributed by atoms with van der Waals surface area (Å²) in [5.41, 5.74) is 2.54. The zero-order valence-corrected chi connectivity index (χ0v) is 13.4. The highest BCUT2D eigenvalue weighted by Crippen LogP contribution is 2.20. The van der Waals surface area contributed by atoms with Crippen molar-refractivity contribution in [2.75, 3.05) is 46.0 Å². The van der Waals surface area contributed by atoms with E-state index in [1.54, 1.807) is 0 Å². The molecule has 0 atom stereocenters. The van der Waals surface area contributed by atoms with Gasteiger partial charge in [-0.25, -0.2) is 0 Å². The Bertz CT molecular complexity index is 417. The average Bonchev–Trinajstić information content (AvgIpc) is 2.51. The molecule has 2 rings (SSSR count). The Morgan fingerprint density at radius 2 is 2.10 bits per heavy atom. The molecule has 4 nitrogen and oxygen atoms in total. The van der Waals surface area contributed by atoms with Gasteiger partial charge in [0.1, 0.15) is 12.4 Å². The van der Waals surface area contributed by atoms with E-state index in [4.69, 9.17) is 9.47 Å². The van der Waals surface area contributed by atoms with Gasteiger partial charge in [-0.3, -0.25) is 4.90 Å². The van der Waals surface area contributed by atoms with Crippen LogP contribution in [0, 0.1) is 6.92 Å². The van der Waals surface area contributed by atoms with Crippen LogP contribution >= 0.6 is 0 Å². The molecule has 0 saturated carbocycles. The molecule has 0 bridgehead atoms. The highest BCUT2D eigenvalue weighted by molar-refractivity contribution is 5.36. The van der Waals surface area contributed by atoms with Crippen LogP contribution < -0.4 is 10.1 Å². The summed E-state index contributed by atoms with van der Waals surface area (Å²) >= 11 is 0. The predicted octanol–water partition coefficient (Wildman–Crippen LogP) is 2.21. The largest absolute Gasteiger partial charge is 0.492 e. The maximum Gasteiger partial charge on any atom is 0.123 e. The molecular weight excluding hydrogens is 264 g/mol. The third-order valence-corrected chi connectivity index (χ3v) is 3.73. The summed E-state index contributed by atoms with van der Waals surface area (Å²) in [5.74, 6) is 1.01. The molecule has 1 aliphatic heterocycles. The van der Waals surface area contributed by atoms with E-state index in [1.807, 2.05) is 0 Å². The van der Waals surface area contributed by atoms with Crippen molar-refractivity contribution < 1.29 is 9.47 Å². The van der Waals surface area contributed by atoms with E-state index in [1.165, 1.54) is 11.1 Å². The van der Waals surface area contributed by atoms with Gasteiger partial charge in [-0.2, -0.15) is 0 Å². The maximum absolute atomic E-state index is 6.00. The minimum atomic E-state index is 0.740. The molecule has 0 amide bonds. The monoisotopic (exact) mass is 292 g/mol. The van der Waals surface area contributed by atoms with E-state index in [0.717, 1.165) is 64.7 Å². The lowest BCUT2D eigenvalue weighted by atomic mass is 10.1. The molecule has 1 N–H and O–H groups in total. The van der Waals surface area contributed by atoms with Crippen LogP contribution in [0.2, 0.25) is 0 Å². The van der Waals surface area contributed by atoms with E-state index in [-0.39, 0.29) is 0 Å². The molecule has 4 heteroatoms. The second kappa shape index (κ2) is 9.03. The standard InChI is InChI=1S/C17H28N2O2/c1-3-6-18-14-16-13-15(2)4-5-17(16)21-12-9-19-7-10-20-11-8-19/h4-5,13,18H,3,6-12,14H2,1-2H3. The summed E-state index contributed by atoms with van der Waals surface area (Å²) in [5, 5.41) is 3.45. The van der Waals surface area contributed by atoms with Crippen LogP contribution in [0.1, 0.15) is 24.5 Å². The van der Waals surface area contributed by atoms with Crippen molar-refractivity contribution in [1.29, 1.82) is 0 Å². The molecule has 1 saturated heterocycles. The Morgan fingerprint density at radius 3 is 2.86 bits per heavy atom. The van der Waals surface area contributed by atoms with Gasteiger partial charge in [-0.15, -0.1) is 0 Å². The number of aryl methyl sites for hydroxylation is 1. The molecule has 1 fully saturated rings. The van der Waals surface area contributed by atoms with E-state index in [9.17, 15) is 0 Å². The first-order valence-electron chi connectivity index (χ1n) is 8.02. The minimum absolute atomic E-state index is 0.740. The van der Waals surface area contributed by atoms with Crippen molar-refractivity contribution in [3.8, 4) is 5.75 Å². The Hall–Kier alpha value is -1.10. The van der Waals surface area contributed by atoms with Crippen LogP contribution in [-0.4, -0.2) is 50.9 Å². The van der Waals surface area contributed by atoms with Crippen LogP contribution in [0.4, 0.5) is 0 Å². The molecule has 0 radical (unpaired) electrons. The van der Waals surface area contributed by atoms with Gasteiger partial charge in [0.15, 0.2) is 0 Å². The summed E-state index contributed by atoms with van der Waals surface area (Å²) in [4.78, 5) is 2.40. The molecule has 21 heavy (non-hydrogen) atoms. The van der Waals surface area contributed by atoms with Gasteiger partial charge in [0, 0.05) is 31.7 Å². The summed E-state index contributed by atoms with van der Waals surface area (Å²) in [6, 6.07) is 6.43. The SMILES string of the molecule is CCCNCc1cc(C)ccc1OCCN1CCOCC1. The fourth-order valence-electron chi connectivity index (χ4n) is 2.50. The highest BCUT2D eigenvalue weighted by atomic mass is 16.5. The molecule has 1 heterocycles. The van der Waals surface area contributed by atoms with Crippen molar-refractivity contribution in [3.63, 3.8) is 0 Å². The van der Waals surface area contributed by atoms with Gasteiger partial charge in [0.2, 0.25) is 0 Å². The van der Waals surface area contributed by atoms with E-state index < -0.39 is 0 Å². The molecule has 1 aromatic rings. The zero-order valence-electron chi connectivity index (χ0n) is 13.4. The molecular formula is C17H28N2O2. The first-order chi connectivity index (χ1) is 10.3. The van der Waals surface area contributed by atoms with Crippen LogP contribution in [0.15, 0.2) is 18.2 Å². The lowest BCUT2D eigenvalue weighted by molar-refractivity contribution is 0.0322. The van der Waals surface area contributed by atoms with Gasteiger partial charge in [-0.1, -0.05) is 24.6 Å². The third kappa shape index (κ3) is 5.65. The van der Waals surface area contributed by atoms with E-state index >= 15 is 0 Å². The first-order valence-corrected chi connectivity index (χ1v) is 8.02. The van der Waals surface area contributed by atoms with E-state index in [2.05, 4.69) is 42.3 Å². The average molecular weight is 292 g/mol. The Morgan fingerprint density at radius 1 is 1.29 bits per heavy atom. The lowest BCUT2D eigenvalue weighted by Gasteiger charge is -2.26. The molecule has 0 spiro atoms. The maximum atomic E-state index is 6.00. The Kier molecular flexibility index (Phi) is 7.00. The van der Waals surface area contributed by atoms with E-state index in [0.29, 0.717) is 0 Å². The number of benzene rings is 1. The zero-order chi connectivity index (χ0) is 14.9. The first kappa shape index (κ1) is 16.3. The highest BCUT2D eigenvalue weighted by Gasteiger charge is 2.10. The van der Waals surface area contributed by atoms with Gasteiger partial charge in [0.05, 0.1) is 13.2 Å². The molecule has 1 aliphatic rings. The minimum Gasteiger partial charge on any atom is -0.492 e. The second-order valence-electron chi connectivity index (χ2n) is 5.59. The number of morpholine rings is 1. The van der Waals surface area contributed by atoms with Gasteiger partial charge < -0.3 is 14.8 Å². The fourth-order valence-corrected chi connectivity index (χ4v) is 2.50. The topological polar surface area (TPSA) is 33.7 Å². The normalized spacial score (nSPS) is 16.1. The third-order valence-electron chi connectivity index (χ3n) is 3.73. The molecule has 118 valence electrons. The second-order valence-corrected chi connectivity index (χ2v) is 5.59. The molecule has 1 aromatic carbocycles. The van der Waals surface area contributed by atoms with Gasteiger partial charge >= 0.3 is 0 Å². The van der Waals surface area contributed by atoms with Crippen LogP contribution in [0.5, 0.6) is 5.75 Å². The quantitative estimate of drug-likeness (QED) is 0.745. The summed E-state index contributed by atoms with van der Waals surface area (Å²) in [6.07, 6.45) is 1.15. The van der Waals surface area contributed by atoms with Crippen molar-refractivity contribution in [2.45, 2.75) is 26.8 Å². The Balaban J connectivity index is 1.82. The number of hydrogen-bond donors (Lipinski definition) is 1. The summed E-state index contributed by atoms with van der Waals surface area (Å²) < 4.78 is 11.4. The number of nitrogens with zero attached hydrogens (tertiary/aromatic N) is 1. The van der Waals surface area contributed by atoms with Crippen LogP contribution in [0.25, 0.3) is 0 Å². The van der Waals surface area contributed by atoms with Crippen molar-refractivity contribution in [3.05, 3.63) is 29.3 Å². The van der Waals surface area contributed by atoms with Crippen LogP contribution in [0.3, 0.4) is 0 Å². The van der Waals surface area contributed by atoms with Crippen LogP contribution in [-0.2, 0) is 11.3 Å². The molecule has 0 aliphatic carbocycles. The summed E-state index contributed by atoms with van der Waals surface area (Å²) in [6.45, 7) is 11.7. The van der Waals surface area contributed by atoms with Gasteiger partial charge in [-0.05, 0) is 26.0 Å². The number of ether oxygens (including phenoxy) is 2. The van der Waals surface area contributed by atoms with Crippen molar-refractivity contribution in [2.24, 2.45) is 0 Å². The van der Waals surface area contributed by atoms with Crippen molar-refractivity contribution in [1.82, 2.24) is 10.2 Å². The van der Waals surface area contributed by atoms with Gasteiger partial charge in [0.25, 0.3) is 0 Å². The number of rotatable bonds is 8. The molecule has 0 unspecified atom stereocenters. The predicted molar refractivity (Wildman–Crippen MR) is 85.9 cm³/mol. The number of nitrogens with one attached hydrogen (secondary N) is 1. The smallest absolute Gasteiger partial charge is 0.123 e. The fraction of sp³-hybridized carbons (Fsp3) is 0.647. The molecule has 0 aromatic heterocycles.